The summed E-state index contributed by atoms with van der Waals surface area (Å²) >= 11 is 0. The molecule has 1 aromatic carbocycles. The fraction of sp³-hybridized carbons (Fsp3) is 0.375. The minimum atomic E-state index is 0.808. The van der Waals surface area contributed by atoms with Gasteiger partial charge in [-0.25, -0.2) is 0 Å². The van der Waals surface area contributed by atoms with Crippen molar-refractivity contribution in [1.82, 2.24) is 4.90 Å². The highest BCUT2D eigenvalue weighted by molar-refractivity contribution is 5.45. The molecule has 0 amide bonds. The smallest absolute Gasteiger partial charge is 0.0952 e. The average molecular weight is 256 g/mol. The minimum Gasteiger partial charge on any atom is -0.472 e. The molecule has 2 aromatic rings. The second-order valence-electron chi connectivity index (χ2n) is 5.17. The van der Waals surface area contributed by atoms with Crippen LogP contribution in [-0.2, 0) is 13.1 Å². The molecule has 1 fully saturated rings. The summed E-state index contributed by atoms with van der Waals surface area (Å²) in [4.78, 5) is 2.52. The van der Waals surface area contributed by atoms with E-state index < -0.39 is 0 Å². The van der Waals surface area contributed by atoms with Crippen LogP contribution in [0.1, 0.15) is 24.0 Å². The fourth-order valence-corrected chi connectivity index (χ4v) is 2.52. The number of benzene rings is 1. The molecule has 1 aromatic heterocycles. The molecule has 100 valence electrons. The summed E-state index contributed by atoms with van der Waals surface area (Å²) in [6.45, 7) is 4.39. The standard InChI is InChI=1S/C16H20N2O/c1-2-9-18(8-1)12-14-3-5-16(6-4-14)17-11-15-7-10-19-13-15/h3-7,10,13,17H,1-2,8-9,11-12H2. The van der Waals surface area contributed by atoms with E-state index in [-0.39, 0.29) is 0 Å². The molecule has 0 saturated carbocycles. The van der Waals surface area contributed by atoms with E-state index in [0.717, 1.165) is 18.8 Å². The second-order valence-corrected chi connectivity index (χ2v) is 5.17. The van der Waals surface area contributed by atoms with Gasteiger partial charge in [-0.1, -0.05) is 12.1 Å². The van der Waals surface area contributed by atoms with E-state index >= 15 is 0 Å². The molecular weight excluding hydrogens is 236 g/mol. The molecule has 0 unspecified atom stereocenters. The molecule has 1 saturated heterocycles. The van der Waals surface area contributed by atoms with Gasteiger partial charge in [-0.15, -0.1) is 0 Å². The van der Waals surface area contributed by atoms with Crippen LogP contribution in [0.3, 0.4) is 0 Å². The molecule has 1 N–H and O–H groups in total. The summed E-state index contributed by atoms with van der Waals surface area (Å²) in [7, 11) is 0. The third-order valence-electron chi connectivity index (χ3n) is 3.64. The number of hydrogen-bond acceptors (Lipinski definition) is 3. The average Bonchev–Trinajstić information content (AvgIpc) is 3.11. The Labute approximate surface area is 114 Å². The van der Waals surface area contributed by atoms with Gasteiger partial charge in [0.2, 0.25) is 0 Å². The van der Waals surface area contributed by atoms with Gasteiger partial charge in [0.1, 0.15) is 0 Å². The summed E-state index contributed by atoms with van der Waals surface area (Å²) in [5, 5.41) is 3.39. The quantitative estimate of drug-likeness (QED) is 0.887. The van der Waals surface area contributed by atoms with Crippen molar-refractivity contribution in [2.45, 2.75) is 25.9 Å². The zero-order valence-corrected chi connectivity index (χ0v) is 11.1. The predicted octanol–water partition coefficient (Wildman–Crippen LogP) is 3.49. The monoisotopic (exact) mass is 256 g/mol. The van der Waals surface area contributed by atoms with Crippen LogP contribution in [0.15, 0.2) is 47.3 Å². The van der Waals surface area contributed by atoms with Gasteiger partial charge in [-0.3, -0.25) is 4.90 Å². The van der Waals surface area contributed by atoms with Crippen molar-refractivity contribution in [1.29, 1.82) is 0 Å². The highest BCUT2D eigenvalue weighted by Gasteiger charge is 2.11. The molecule has 1 aliphatic heterocycles. The maximum Gasteiger partial charge on any atom is 0.0952 e. The summed E-state index contributed by atoms with van der Waals surface area (Å²) in [6, 6.07) is 10.7. The van der Waals surface area contributed by atoms with Gasteiger partial charge >= 0.3 is 0 Å². The Bertz CT molecular complexity index is 484. The Balaban J connectivity index is 1.53. The molecule has 0 spiro atoms. The van der Waals surface area contributed by atoms with Crippen LogP contribution in [0.2, 0.25) is 0 Å². The van der Waals surface area contributed by atoms with Gasteiger partial charge in [0.15, 0.2) is 0 Å². The van der Waals surface area contributed by atoms with E-state index in [0.29, 0.717) is 0 Å². The van der Waals surface area contributed by atoms with Crippen LogP contribution in [-0.4, -0.2) is 18.0 Å². The van der Waals surface area contributed by atoms with Gasteiger partial charge in [0.25, 0.3) is 0 Å². The van der Waals surface area contributed by atoms with Crippen molar-refractivity contribution in [2.75, 3.05) is 18.4 Å². The lowest BCUT2D eigenvalue weighted by molar-refractivity contribution is 0.331. The summed E-state index contributed by atoms with van der Waals surface area (Å²) in [5.41, 5.74) is 3.73. The molecule has 19 heavy (non-hydrogen) atoms. The highest BCUT2D eigenvalue weighted by Crippen LogP contribution is 2.15. The lowest BCUT2D eigenvalue weighted by Crippen LogP contribution is -2.18. The molecule has 0 radical (unpaired) electrons. The largest absolute Gasteiger partial charge is 0.472 e. The van der Waals surface area contributed by atoms with Crippen molar-refractivity contribution in [3.05, 3.63) is 54.0 Å². The number of hydrogen-bond donors (Lipinski definition) is 1. The van der Waals surface area contributed by atoms with E-state index in [9.17, 15) is 0 Å². The number of furan rings is 1. The van der Waals surface area contributed by atoms with Gasteiger partial charge in [0, 0.05) is 24.3 Å². The van der Waals surface area contributed by atoms with Crippen LogP contribution >= 0.6 is 0 Å². The van der Waals surface area contributed by atoms with E-state index in [1.807, 2.05) is 6.07 Å². The molecule has 3 rings (SSSR count). The fourth-order valence-electron chi connectivity index (χ4n) is 2.52. The van der Waals surface area contributed by atoms with E-state index in [1.54, 1.807) is 12.5 Å². The van der Waals surface area contributed by atoms with Crippen LogP contribution in [0, 0.1) is 0 Å². The highest BCUT2D eigenvalue weighted by atomic mass is 16.3. The Morgan fingerprint density at radius 3 is 2.47 bits per heavy atom. The van der Waals surface area contributed by atoms with Gasteiger partial charge < -0.3 is 9.73 Å². The first-order valence-electron chi connectivity index (χ1n) is 6.96. The Hall–Kier alpha value is -1.74. The van der Waals surface area contributed by atoms with Crippen LogP contribution in [0.25, 0.3) is 0 Å². The van der Waals surface area contributed by atoms with Crippen molar-refractivity contribution in [3.63, 3.8) is 0 Å². The van der Waals surface area contributed by atoms with E-state index in [2.05, 4.69) is 34.5 Å². The number of anilines is 1. The Morgan fingerprint density at radius 1 is 1.00 bits per heavy atom. The van der Waals surface area contributed by atoms with Crippen molar-refractivity contribution < 1.29 is 4.42 Å². The number of rotatable bonds is 5. The van der Waals surface area contributed by atoms with Gasteiger partial charge in [0.05, 0.1) is 12.5 Å². The SMILES string of the molecule is c1cc(CNc2ccc(CN3CCCC3)cc2)co1. The van der Waals surface area contributed by atoms with Crippen LogP contribution < -0.4 is 5.32 Å². The number of likely N-dealkylation sites (tertiary alicyclic amines) is 1. The Morgan fingerprint density at radius 2 is 1.79 bits per heavy atom. The lowest BCUT2D eigenvalue weighted by atomic mass is 10.2. The first kappa shape index (κ1) is 12.3. The maximum absolute atomic E-state index is 5.05. The molecule has 0 aliphatic carbocycles. The lowest BCUT2D eigenvalue weighted by Gasteiger charge is -2.14. The van der Waals surface area contributed by atoms with Crippen LogP contribution in [0.5, 0.6) is 0 Å². The number of nitrogens with one attached hydrogen (secondary N) is 1. The minimum absolute atomic E-state index is 0.808. The van der Waals surface area contributed by atoms with Gasteiger partial charge in [-0.2, -0.15) is 0 Å². The molecular formula is C16H20N2O. The zero-order chi connectivity index (χ0) is 12.9. The van der Waals surface area contributed by atoms with E-state index in [4.69, 9.17) is 4.42 Å². The van der Waals surface area contributed by atoms with Crippen molar-refractivity contribution >= 4 is 5.69 Å². The van der Waals surface area contributed by atoms with Gasteiger partial charge in [-0.05, 0) is 49.7 Å². The molecule has 3 heteroatoms. The molecule has 3 nitrogen and oxygen atoms in total. The number of nitrogens with zero attached hydrogens (tertiary/aromatic N) is 1. The molecule has 0 atom stereocenters. The Kier molecular flexibility index (Phi) is 3.84. The maximum atomic E-state index is 5.05. The molecule has 0 bridgehead atoms. The third kappa shape index (κ3) is 3.38. The summed E-state index contributed by atoms with van der Waals surface area (Å²) < 4.78 is 5.05. The predicted molar refractivity (Wildman–Crippen MR) is 77.0 cm³/mol. The topological polar surface area (TPSA) is 28.4 Å². The van der Waals surface area contributed by atoms with Crippen LogP contribution in [0.4, 0.5) is 5.69 Å². The molecule has 1 aliphatic rings. The zero-order valence-electron chi connectivity index (χ0n) is 11.1. The first-order valence-corrected chi connectivity index (χ1v) is 6.96. The molecule has 2 heterocycles. The van der Waals surface area contributed by atoms with E-state index in [1.165, 1.54) is 37.1 Å². The van der Waals surface area contributed by atoms with Crippen molar-refractivity contribution in [2.24, 2.45) is 0 Å². The normalized spacial score (nSPS) is 15.8. The summed E-state index contributed by atoms with van der Waals surface area (Å²) in [6.07, 6.45) is 6.18. The summed E-state index contributed by atoms with van der Waals surface area (Å²) in [5.74, 6) is 0. The van der Waals surface area contributed by atoms with Crippen molar-refractivity contribution in [3.8, 4) is 0 Å². The second kappa shape index (κ2) is 5.93. The third-order valence-corrected chi connectivity index (χ3v) is 3.64. The first-order chi connectivity index (χ1) is 9.40.